The molecule has 416 valence electrons. The maximum absolute atomic E-state index is 13.8. The van der Waals surface area contributed by atoms with E-state index < -0.39 is 108 Å². The number of primary amides is 1. The number of aliphatic hydroxyl groups excluding tert-OH is 2. The van der Waals surface area contributed by atoms with Crippen molar-refractivity contribution in [3.8, 4) is 0 Å². The number of rotatable bonds is 33. The van der Waals surface area contributed by atoms with E-state index in [1.165, 1.54) is 27.7 Å². The van der Waals surface area contributed by atoms with Crippen LogP contribution in [-0.4, -0.2) is 147 Å². The lowest BCUT2D eigenvalue weighted by atomic mass is 10.0. The first kappa shape index (κ1) is 61.1. The van der Waals surface area contributed by atoms with Crippen LogP contribution in [0.3, 0.4) is 0 Å². The average Bonchev–Trinajstić information content (AvgIpc) is 3.98. The summed E-state index contributed by atoms with van der Waals surface area (Å²) in [6.45, 7) is 5.75. The van der Waals surface area contributed by atoms with Crippen molar-refractivity contribution in [2.24, 2.45) is 17.2 Å². The molecule has 2 aromatic heterocycles. The van der Waals surface area contributed by atoms with Crippen LogP contribution < -0.4 is 59.7 Å². The summed E-state index contributed by atoms with van der Waals surface area (Å²) in [5.41, 5.74) is 20.2. The van der Waals surface area contributed by atoms with Crippen molar-refractivity contribution >= 4 is 75.0 Å². The van der Waals surface area contributed by atoms with E-state index in [9.17, 15) is 53.4 Å². The van der Waals surface area contributed by atoms with Crippen molar-refractivity contribution < 1.29 is 53.4 Å². The highest BCUT2D eigenvalue weighted by Crippen LogP contribution is 2.21. The molecule has 76 heavy (non-hydrogen) atoms. The quantitative estimate of drug-likeness (QED) is 0.0246. The second-order valence-corrected chi connectivity index (χ2v) is 19.0. The Morgan fingerprint density at radius 1 is 0.487 bits per heavy atom. The molecule has 9 atom stereocenters. The van der Waals surface area contributed by atoms with Crippen LogP contribution >= 0.6 is 0 Å². The molecule has 0 fully saturated rings. The summed E-state index contributed by atoms with van der Waals surface area (Å²) in [4.78, 5) is 125. The molecule has 0 bridgehead atoms. The van der Waals surface area contributed by atoms with Crippen LogP contribution in [0.25, 0.3) is 21.8 Å². The van der Waals surface area contributed by atoms with E-state index in [-0.39, 0.29) is 58.0 Å². The predicted octanol–water partition coefficient (Wildman–Crippen LogP) is -1.34. The van der Waals surface area contributed by atoms with E-state index in [1.807, 2.05) is 48.5 Å². The van der Waals surface area contributed by atoms with Crippen molar-refractivity contribution in [1.29, 1.82) is 0 Å². The van der Waals surface area contributed by atoms with Crippen LogP contribution in [0.15, 0.2) is 60.9 Å². The summed E-state index contributed by atoms with van der Waals surface area (Å²) < 4.78 is 0. The first-order valence-corrected chi connectivity index (χ1v) is 25.7. The van der Waals surface area contributed by atoms with E-state index in [0.717, 1.165) is 32.9 Å². The normalized spacial score (nSPS) is 14.8. The Balaban J connectivity index is 1.35. The monoisotopic (exact) mass is 1060 g/mol. The fraction of sp³-hybridized carbons (Fsp3) is 0.519. The van der Waals surface area contributed by atoms with Gasteiger partial charge in [0.1, 0.15) is 42.3 Å². The third kappa shape index (κ3) is 19.1. The summed E-state index contributed by atoms with van der Waals surface area (Å²) in [5, 5.41) is 43.9. The summed E-state index contributed by atoms with van der Waals surface area (Å²) in [6.07, 6.45) is 3.34. The minimum absolute atomic E-state index is 0.0277. The Labute approximate surface area is 441 Å². The van der Waals surface area contributed by atoms with Gasteiger partial charge in [0.05, 0.1) is 12.2 Å². The van der Waals surface area contributed by atoms with Gasteiger partial charge in [-0.15, -0.1) is 0 Å². The van der Waals surface area contributed by atoms with E-state index in [2.05, 4.69) is 52.5 Å². The highest BCUT2D eigenvalue weighted by atomic mass is 16.3. The first-order chi connectivity index (χ1) is 36.2. The molecule has 0 saturated carbocycles. The SMILES string of the molecule is CC(=O)N[C@H](Cc1c[nH]c2ccccc12)C(=O)N[C@@H](C(=O)N[C@H](CCCCN)C(=O)NCCCC[C@@H](NC(=O)[C@@H](CCCCN)NC(=O)[C@H](NC(=O)[C@@H](Cc1c[nH]c2ccccc12)NC(C)=O)[C@@H](C)O)C(N)=O)[C@@H](C)O. The highest BCUT2D eigenvalue weighted by Gasteiger charge is 2.35. The highest BCUT2D eigenvalue weighted by molar-refractivity contribution is 5.97. The molecule has 4 rings (SSSR count). The van der Waals surface area contributed by atoms with Gasteiger partial charge in [0.25, 0.3) is 0 Å². The number of aromatic amines is 2. The van der Waals surface area contributed by atoms with Crippen molar-refractivity contribution in [3.63, 3.8) is 0 Å². The number of H-pyrrole nitrogens is 2. The van der Waals surface area contributed by atoms with Gasteiger partial charge in [0.15, 0.2) is 0 Å². The maximum atomic E-state index is 13.8. The van der Waals surface area contributed by atoms with Crippen LogP contribution in [0.5, 0.6) is 0 Å². The van der Waals surface area contributed by atoms with Crippen LogP contribution in [0.4, 0.5) is 0 Å². The number of aliphatic hydroxyl groups is 2. The van der Waals surface area contributed by atoms with Gasteiger partial charge >= 0.3 is 0 Å². The number of para-hydroxylation sites is 2. The molecule has 0 spiro atoms. The third-order valence-corrected chi connectivity index (χ3v) is 12.7. The smallest absolute Gasteiger partial charge is 0.245 e. The van der Waals surface area contributed by atoms with Gasteiger partial charge in [-0.25, -0.2) is 0 Å². The Bertz CT molecular complexity index is 2600. The fourth-order valence-corrected chi connectivity index (χ4v) is 8.68. The van der Waals surface area contributed by atoms with Gasteiger partial charge in [-0.1, -0.05) is 36.4 Å². The van der Waals surface area contributed by atoms with Gasteiger partial charge in [0.2, 0.25) is 53.2 Å². The lowest BCUT2D eigenvalue weighted by Crippen LogP contribution is -2.60. The summed E-state index contributed by atoms with van der Waals surface area (Å²) in [7, 11) is 0. The maximum Gasteiger partial charge on any atom is 0.245 e. The molecular weight excluding hydrogens is 983 g/mol. The van der Waals surface area contributed by atoms with Gasteiger partial charge in [-0.05, 0) is 108 Å². The molecule has 18 N–H and O–H groups in total. The van der Waals surface area contributed by atoms with Crippen molar-refractivity contribution in [3.05, 3.63) is 72.1 Å². The summed E-state index contributed by atoms with van der Waals surface area (Å²) in [6, 6.07) is 5.88. The molecule has 0 radical (unpaired) electrons. The summed E-state index contributed by atoms with van der Waals surface area (Å²) >= 11 is 0. The average molecular weight is 1060 g/mol. The number of nitrogens with one attached hydrogen (secondary N) is 10. The molecule has 24 nitrogen and oxygen atoms in total. The van der Waals surface area contributed by atoms with E-state index >= 15 is 0 Å². The Morgan fingerprint density at radius 2 is 0.868 bits per heavy atom. The number of carbonyl (C=O) groups excluding carboxylic acids is 9. The Kier molecular flexibility index (Phi) is 24.8. The van der Waals surface area contributed by atoms with Crippen LogP contribution in [0.1, 0.15) is 96.6 Å². The van der Waals surface area contributed by atoms with Gasteiger partial charge in [-0.2, -0.15) is 0 Å². The lowest BCUT2D eigenvalue weighted by Gasteiger charge is -2.27. The zero-order valence-electron chi connectivity index (χ0n) is 43.7. The van der Waals surface area contributed by atoms with Crippen LogP contribution in [0, 0.1) is 0 Å². The van der Waals surface area contributed by atoms with E-state index in [1.54, 1.807) is 12.4 Å². The number of benzene rings is 2. The molecule has 2 aromatic carbocycles. The van der Waals surface area contributed by atoms with Gasteiger partial charge in [0, 0.05) is 67.4 Å². The molecule has 0 unspecified atom stereocenters. The zero-order valence-corrected chi connectivity index (χ0v) is 43.7. The molecule has 4 aromatic rings. The number of nitrogens with two attached hydrogens (primary N) is 3. The predicted molar refractivity (Wildman–Crippen MR) is 284 cm³/mol. The Morgan fingerprint density at radius 3 is 1.28 bits per heavy atom. The lowest BCUT2D eigenvalue weighted by molar-refractivity contribution is -0.136. The number of carbonyl (C=O) groups is 9. The minimum atomic E-state index is -1.57. The number of hydrogen-bond acceptors (Lipinski definition) is 13. The topological polar surface area (TPSA) is 400 Å². The second kappa shape index (κ2) is 30.8. The summed E-state index contributed by atoms with van der Waals surface area (Å²) in [5.74, 6) is -6.46. The molecule has 0 aliphatic rings. The van der Waals surface area contributed by atoms with E-state index in [4.69, 9.17) is 17.2 Å². The minimum Gasteiger partial charge on any atom is -0.391 e. The number of hydrogen-bond donors (Lipinski definition) is 15. The molecular formula is C52H77N13O11. The third-order valence-electron chi connectivity index (χ3n) is 12.7. The molecule has 0 aliphatic carbocycles. The van der Waals surface area contributed by atoms with E-state index in [0.29, 0.717) is 32.2 Å². The van der Waals surface area contributed by atoms with Crippen molar-refractivity contribution in [2.45, 2.75) is 153 Å². The van der Waals surface area contributed by atoms with Crippen molar-refractivity contribution in [2.75, 3.05) is 19.6 Å². The standard InChI is InChI=1S/C52H77N13O11/c1-29(66)44(64-49(73)42(59-31(3)68)25-33-27-57-37-17-7-5-15-35(33)37)51(75)62-40(20-9-12-22-53)47(71)56-24-14-11-19-39(46(55)70)61-48(72)41(21-10-13-23-54)63-52(76)45(30(2)67)65-50(74)43(60-32(4)69)26-34-28-58-38-18-8-6-16-36(34)38/h5-8,15-18,27-30,39-45,57-58,66-67H,9-14,19-26,53-54H2,1-4H3,(H2,55,70)(H,56,71)(H,59,68)(H,60,69)(H,61,72)(H,62,75)(H,63,76)(H,64,73)(H,65,74)/t29-,30-,39-,40-,41-,42-,43-,44-,45-/m1/s1. The van der Waals surface area contributed by atoms with Crippen LogP contribution in [0.2, 0.25) is 0 Å². The molecule has 0 aliphatic heterocycles. The fourth-order valence-electron chi connectivity index (χ4n) is 8.68. The largest absolute Gasteiger partial charge is 0.391 e. The molecule has 0 saturated heterocycles. The second-order valence-electron chi connectivity index (χ2n) is 19.0. The van der Waals surface area contributed by atoms with Crippen LogP contribution in [-0.2, 0) is 56.0 Å². The molecule has 9 amide bonds. The number of aromatic nitrogens is 2. The molecule has 2 heterocycles. The number of unbranched alkanes of at least 4 members (excludes halogenated alkanes) is 3. The molecule has 24 heteroatoms. The zero-order chi connectivity index (χ0) is 55.9. The number of amides is 9. The van der Waals surface area contributed by atoms with Gasteiger partial charge < -0.3 is 79.9 Å². The van der Waals surface area contributed by atoms with Gasteiger partial charge in [-0.3, -0.25) is 43.2 Å². The first-order valence-electron chi connectivity index (χ1n) is 25.7. The number of fused-ring (bicyclic) bond motifs is 2. The Hall–Kier alpha value is -7.41. The van der Waals surface area contributed by atoms with Crippen molar-refractivity contribution in [1.82, 2.24) is 52.5 Å².